The van der Waals surface area contributed by atoms with Crippen LogP contribution >= 0.6 is 0 Å². The van der Waals surface area contributed by atoms with Crippen molar-refractivity contribution >= 4 is 10.2 Å². The fourth-order valence-corrected chi connectivity index (χ4v) is 3.53. The van der Waals surface area contributed by atoms with Crippen molar-refractivity contribution in [2.24, 2.45) is 0 Å². The lowest BCUT2D eigenvalue weighted by Gasteiger charge is -2.27. The van der Waals surface area contributed by atoms with Crippen LogP contribution in [0.3, 0.4) is 0 Å². The van der Waals surface area contributed by atoms with E-state index in [0.717, 1.165) is 32.1 Å². The Morgan fingerprint density at radius 3 is 2.75 bits per heavy atom. The van der Waals surface area contributed by atoms with E-state index in [1.807, 2.05) is 6.92 Å². The zero-order chi connectivity index (χ0) is 12.0. The van der Waals surface area contributed by atoms with Gasteiger partial charge in [-0.2, -0.15) is 12.7 Å². The highest BCUT2D eigenvalue weighted by atomic mass is 32.2. The number of hydrogen-bond acceptors (Lipinski definition) is 3. The monoisotopic (exact) mass is 250 g/mol. The molecule has 0 amide bonds. The second kappa shape index (κ2) is 6.54. The van der Waals surface area contributed by atoms with Crippen LogP contribution in [0.2, 0.25) is 0 Å². The molecule has 1 heterocycles. The Balaban J connectivity index is 2.72. The number of aliphatic hydroxyl groups excluding tert-OH is 1. The summed E-state index contributed by atoms with van der Waals surface area (Å²) in [4.78, 5) is 0. The molecule has 1 rings (SSSR count). The van der Waals surface area contributed by atoms with Gasteiger partial charge in [-0.1, -0.05) is 19.8 Å². The number of nitrogens with zero attached hydrogens (tertiary/aromatic N) is 1. The van der Waals surface area contributed by atoms with E-state index in [0.29, 0.717) is 13.1 Å². The first-order valence-corrected chi connectivity index (χ1v) is 7.43. The third-order valence-electron chi connectivity index (χ3n) is 2.88. The van der Waals surface area contributed by atoms with E-state index < -0.39 is 10.2 Å². The molecule has 1 atom stereocenters. The van der Waals surface area contributed by atoms with Crippen LogP contribution in [0.5, 0.6) is 0 Å². The summed E-state index contributed by atoms with van der Waals surface area (Å²) in [5, 5.41) is 9.24. The number of aliphatic hydroxyl groups is 1. The molecule has 2 N–H and O–H groups in total. The molecule has 1 aliphatic heterocycles. The van der Waals surface area contributed by atoms with Crippen molar-refractivity contribution in [2.45, 2.75) is 45.1 Å². The second-order valence-corrected chi connectivity index (χ2v) is 5.90. The first-order chi connectivity index (χ1) is 7.61. The van der Waals surface area contributed by atoms with Gasteiger partial charge < -0.3 is 5.11 Å². The first kappa shape index (κ1) is 13.9. The van der Waals surface area contributed by atoms with Gasteiger partial charge in [0.15, 0.2) is 0 Å². The summed E-state index contributed by atoms with van der Waals surface area (Å²) in [6, 6.07) is -0.253. The zero-order valence-electron chi connectivity index (χ0n) is 9.85. The van der Waals surface area contributed by atoms with Gasteiger partial charge in [-0.15, -0.1) is 0 Å². The maximum Gasteiger partial charge on any atom is 0.279 e. The van der Waals surface area contributed by atoms with Gasteiger partial charge >= 0.3 is 0 Å². The molecular weight excluding hydrogens is 228 g/mol. The van der Waals surface area contributed by atoms with E-state index in [-0.39, 0.29) is 12.6 Å². The number of rotatable bonds is 5. The van der Waals surface area contributed by atoms with Crippen molar-refractivity contribution in [3.8, 4) is 0 Å². The SMILES string of the molecule is CCCNS(=O)(=O)N1CCCCCC1CO. The molecule has 0 aromatic rings. The van der Waals surface area contributed by atoms with Crippen LogP contribution in [0, 0.1) is 0 Å². The Morgan fingerprint density at radius 1 is 1.38 bits per heavy atom. The number of hydrogen-bond donors (Lipinski definition) is 2. The molecule has 0 aromatic heterocycles. The van der Waals surface area contributed by atoms with E-state index in [1.54, 1.807) is 0 Å². The number of nitrogens with one attached hydrogen (secondary N) is 1. The minimum atomic E-state index is -3.41. The molecule has 1 fully saturated rings. The molecule has 0 aromatic carbocycles. The lowest BCUT2D eigenvalue weighted by molar-refractivity contribution is 0.185. The lowest BCUT2D eigenvalue weighted by Crippen LogP contribution is -2.48. The molecule has 0 spiro atoms. The molecule has 1 saturated heterocycles. The normalized spacial score (nSPS) is 24.2. The molecular formula is C10H22N2O3S. The van der Waals surface area contributed by atoms with Crippen molar-refractivity contribution in [1.29, 1.82) is 0 Å². The van der Waals surface area contributed by atoms with Gasteiger partial charge in [0, 0.05) is 19.1 Å². The molecule has 1 aliphatic rings. The minimum absolute atomic E-state index is 0.0902. The topological polar surface area (TPSA) is 69.6 Å². The molecule has 96 valence electrons. The maximum atomic E-state index is 12.0. The third-order valence-corrected chi connectivity index (χ3v) is 4.54. The Morgan fingerprint density at radius 2 is 2.12 bits per heavy atom. The molecule has 5 nitrogen and oxygen atoms in total. The third kappa shape index (κ3) is 3.69. The molecule has 0 radical (unpaired) electrons. The van der Waals surface area contributed by atoms with Gasteiger partial charge in [0.2, 0.25) is 0 Å². The smallest absolute Gasteiger partial charge is 0.279 e. The standard InChI is InChI=1S/C10H22N2O3S/c1-2-7-11-16(14,15)12-8-5-3-4-6-10(12)9-13/h10-11,13H,2-9H2,1H3. The van der Waals surface area contributed by atoms with Gasteiger partial charge in [0.1, 0.15) is 0 Å². The molecule has 6 heteroatoms. The molecule has 0 aliphatic carbocycles. The second-order valence-electron chi connectivity index (χ2n) is 4.20. The fraction of sp³-hybridized carbons (Fsp3) is 1.00. The summed E-state index contributed by atoms with van der Waals surface area (Å²) in [6.07, 6.45) is 4.44. The van der Waals surface area contributed by atoms with Crippen molar-refractivity contribution < 1.29 is 13.5 Å². The predicted octanol–water partition coefficient (Wildman–Crippen LogP) is 0.468. The minimum Gasteiger partial charge on any atom is -0.395 e. The van der Waals surface area contributed by atoms with E-state index in [1.165, 1.54) is 4.31 Å². The summed E-state index contributed by atoms with van der Waals surface area (Å²) in [7, 11) is -3.41. The van der Waals surface area contributed by atoms with Gasteiger partial charge in [0.05, 0.1) is 6.61 Å². The summed E-state index contributed by atoms with van der Waals surface area (Å²) in [5.41, 5.74) is 0. The average molecular weight is 250 g/mol. The summed E-state index contributed by atoms with van der Waals surface area (Å²) in [6.45, 7) is 2.81. The molecule has 0 saturated carbocycles. The highest BCUT2D eigenvalue weighted by Crippen LogP contribution is 2.18. The Kier molecular flexibility index (Phi) is 5.68. The average Bonchev–Trinajstić information content (AvgIpc) is 2.51. The van der Waals surface area contributed by atoms with Crippen LogP contribution in [0.25, 0.3) is 0 Å². The lowest BCUT2D eigenvalue weighted by atomic mass is 10.1. The Bertz CT molecular complexity index is 292. The van der Waals surface area contributed by atoms with E-state index in [4.69, 9.17) is 0 Å². The highest BCUT2D eigenvalue weighted by molar-refractivity contribution is 7.87. The van der Waals surface area contributed by atoms with Crippen molar-refractivity contribution in [2.75, 3.05) is 19.7 Å². The van der Waals surface area contributed by atoms with Crippen LogP contribution < -0.4 is 4.72 Å². The highest BCUT2D eigenvalue weighted by Gasteiger charge is 2.29. The fourth-order valence-electron chi connectivity index (χ4n) is 1.96. The van der Waals surface area contributed by atoms with Crippen molar-refractivity contribution in [1.82, 2.24) is 9.03 Å². The summed E-state index contributed by atoms with van der Waals surface area (Å²) >= 11 is 0. The van der Waals surface area contributed by atoms with Gasteiger partial charge in [0.25, 0.3) is 10.2 Å². The van der Waals surface area contributed by atoms with E-state index >= 15 is 0 Å². The van der Waals surface area contributed by atoms with E-state index in [9.17, 15) is 13.5 Å². The van der Waals surface area contributed by atoms with E-state index in [2.05, 4.69) is 4.72 Å². The Labute approximate surface area is 98.0 Å². The van der Waals surface area contributed by atoms with Crippen LogP contribution in [0.1, 0.15) is 39.0 Å². The van der Waals surface area contributed by atoms with Crippen LogP contribution in [0.4, 0.5) is 0 Å². The van der Waals surface area contributed by atoms with Gasteiger partial charge in [-0.05, 0) is 19.3 Å². The predicted molar refractivity (Wildman–Crippen MR) is 63.3 cm³/mol. The maximum absolute atomic E-state index is 12.0. The zero-order valence-corrected chi connectivity index (χ0v) is 10.7. The van der Waals surface area contributed by atoms with Crippen LogP contribution in [0.15, 0.2) is 0 Å². The first-order valence-electron chi connectivity index (χ1n) is 5.99. The van der Waals surface area contributed by atoms with Gasteiger partial charge in [-0.3, -0.25) is 0 Å². The van der Waals surface area contributed by atoms with Crippen LogP contribution in [-0.2, 0) is 10.2 Å². The molecule has 16 heavy (non-hydrogen) atoms. The quantitative estimate of drug-likeness (QED) is 0.745. The van der Waals surface area contributed by atoms with Crippen molar-refractivity contribution in [3.05, 3.63) is 0 Å². The largest absolute Gasteiger partial charge is 0.395 e. The summed E-state index contributed by atoms with van der Waals surface area (Å²) < 4.78 is 27.9. The van der Waals surface area contributed by atoms with Crippen LogP contribution in [-0.4, -0.2) is 43.6 Å². The Hall–Kier alpha value is -0.170. The van der Waals surface area contributed by atoms with Gasteiger partial charge in [-0.25, -0.2) is 4.72 Å². The van der Waals surface area contributed by atoms with Crippen molar-refractivity contribution in [3.63, 3.8) is 0 Å². The molecule has 1 unspecified atom stereocenters. The summed E-state index contributed by atoms with van der Waals surface area (Å²) in [5.74, 6) is 0. The molecule has 0 bridgehead atoms.